The highest BCUT2D eigenvalue weighted by atomic mass is 31.2. The van der Waals surface area contributed by atoms with Gasteiger partial charge in [0.05, 0.1) is 29.9 Å². The molecule has 46 heavy (non-hydrogen) atoms. The summed E-state index contributed by atoms with van der Waals surface area (Å²) in [6.45, 7) is 10.9. The van der Waals surface area contributed by atoms with E-state index < -0.39 is 36.8 Å². The van der Waals surface area contributed by atoms with Crippen molar-refractivity contribution in [2.45, 2.75) is 90.4 Å². The number of pyridine rings is 1. The predicted molar refractivity (Wildman–Crippen MR) is 168 cm³/mol. The Hall–Kier alpha value is -3.71. The molecular weight excluding hydrogens is 617 g/mol. The second-order valence-electron chi connectivity index (χ2n) is 13.5. The monoisotopic (exact) mass is 659 g/mol. The minimum atomic E-state index is -3.99. The van der Waals surface area contributed by atoms with Crippen molar-refractivity contribution in [3.63, 3.8) is 0 Å². The Bertz CT molecular complexity index is 1630. The van der Waals surface area contributed by atoms with Gasteiger partial charge in [-0.15, -0.1) is 0 Å². The summed E-state index contributed by atoms with van der Waals surface area (Å²) in [6.07, 6.45) is 2.06. The lowest BCUT2D eigenvalue weighted by Gasteiger charge is -2.46. The summed E-state index contributed by atoms with van der Waals surface area (Å²) in [5.74, 6) is 0.512. The Labute approximate surface area is 267 Å². The van der Waals surface area contributed by atoms with E-state index in [1.165, 1.54) is 16.7 Å². The molecule has 250 valence electrons. The summed E-state index contributed by atoms with van der Waals surface area (Å²) in [5.41, 5.74) is -0.998. The van der Waals surface area contributed by atoms with Crippen LogP contribution in [0.15, 0.2) is 36.5 Å². The lowest BCUT2D eigenvalue weighted by Crippen LogP contribution is -2.53. The first-order chi connectivity index (χ1) is 21.5. The van der Waals surface area contributed by atoms with Crippen LogP contribution in [0.25, 0.3) is 10.9 Å². The number of methoxy groups -OCH3 is 1. The highest BCUT2D eigenvalue weighted by molar-refractivity contribution is 7.48. The average Bonchev–Trinajstić information content (AvgIpc) is 3.38. The fourth-order valence-corrected chi connectivity index (χ4v) is 7.36. The van der Waals surface area contributed by atoms with E-state index in [9.17, 15) is 19.3 Å². The van der Waals surface area contributed by atoms with Gasteiger partial charge in [-0.2, -0.15) is 5.10 Å². The van der Waals surface area contributed by atoms with Crippen LogP contribution in [-0.2, 0) is 24.9 Å². The molecule has 2 aromatic heterocycles. The summed E-state index contributed by atoms with van der Waals surface area (Å²) in [5, 5.41) is 17.8. The summed E-state index contributed by atoms with van der Waals surface area (Å²) in [7, 11) is -2.48. The summed E-state index contributed by atoms with van der Waals surface area (Å²) in [6, 6.07) is 8.15. The molecule has 4 heterocycles. The molecule has 2 amide bonds. The number of fused-ring (bicyclic) bond motifs is 2. The number of piperidine rings is 1. The predicted octanol–water partition coefficient (Wildman–Crippen LogP) is 5.92. The maximum atomic E-state index is 13.9. The number of phosphoric ester groups is 1. The third kappa shape index (κ3) is 7.80. The number of nitrogens with zero attached hydrogens (tertiary/aromatic N) is 4. The molecule has 1 aromatic carbocycles. The highest BCUT2D eigenvalue weighted by Crippen LogP contribution is 2.55. The van der Waals surface area contributed by atoms with Gasteiger partial charge in [0, 0.05) is 50.0 Å². The van der Waals surface area contributed by atoms with Crippen LogP contribution >= 0.6 is 7.82 Å². The maximum absolute atomic E-state index is 13.9. The van der Waals surface area contributed by atoms with Crippen molar-refractivity contribution in [1.82, 2.24) is 25.0 Å². The van der Waals surface area contributed by atoms with Crippen molar-refractivity contribution < 1.29 is 42.3 Å². The van der Waals surface area contributed by atoms with Crippen LogP contribution in [0.3, 0.4) is 0 Å². The van der Waals surface area contributed by atoms with Crippen molar-refractivity contribution in [2.75, 3.05) is 20.2 Å². The minimum Gasteiger partial charge on any atom is -0.485 e. The van der Waals surface area contributed by atoms with Gasteiger partial charge in [0.15, 0.2) is 6.73 Å². The molecule has 2 aliphatic heterocycles. The largest absolute Gasteiger partial charge is 0.485 e. The van der Waals surface area contributed by atoms with Gasteiger partial charge in [0.25, 0.3) is 5.91 Å². The number of nitrogens with one attached hydrogen (secondary N) is 1. The zero-order valence-corrected chi connectivity index (χ0v) is 28.1. The molecule has 1 unspecified atom stereocenters. The zero-order chi connectivity index (χ0) is 33.5. The van der Waals surface area contributed by atoms with E-state index in [1.807, 2.05) is 6.07 Å². The minimum absolute atomic E-state index is 0.244. The van der Waals surface area contributed by atoms with Crippen LogP contribution in [-0.4, -0.2) is 73.8 Å². The number of carbonyl (C=O) groups is 2. The molecule has 2 N–H and O–H groups in total. The van der Waals surface area contributed by atoms with Gasteiger partial charge in [-0.3, -0.25) is 18.4 Å². The number of carbonyl (C=O) groups excluding carboxylic acids is 1. The number of aromatic nitrogens is 3. The normalized spacial score (nSPS) is 18.2. The smallest absolute Gasteiger partial charge is 0.477 e. The SMILES string of the molecule is COc1ccc2c(n1)C(NC(=O)c1cccc3cn(COP(=O)(OC(C)(C)C)OC(C)(C)C)nc13)CC1(CCN(C(=O)O)CC1)O2. The molecule has 1 spiro atoms. The lowest BCUT2D eigenvalue weighted by molar-refractivity contribution is -0.0219. The molecule has 0 saturated carbocycles. The van der Waals surface area contributed by atoms with Crippen LogP contribution in [0, 0.1) is 0 Å². The topological polar surface area (TPSA) is 164 Å². The van der Waals surface area contributed by atoms with Crippen LogP contribution in [0.2, 0.25) is 0 Å². The molecular formula is C31H42N5O9P. The molecule has 2 aliphatic rings. The first kappa shape index (κ1) is 33.6. The van der Waals surface area contributed by atoms with E-state index in [0.717, 1.165) is 0 Å². The fourth-order valence-electron chi connectivity index (χ4n) is 5.62. The van der Waals surface area contributed by atoms with Gasteiger partial charge in [0.2, 0.25) is 5.88 Å². The Kier molecular flexibility index (Phi) is 9.13. The molecule has 5 rings (SSSR count). The van der Waals surface area contributed by atoms with E-state index in [4.69, 9.17) is 23.0 Å². The van der Waals surface area contributed by atoms with E-state index in [-0.39, 0.29) is 12.6 Å². The van der Waals surface area contributed by atoms with Crippen molar-refractivity contribution in [3.05, 3.63) is 47.8 Å². The van der Waals surface area contributed by atoms with Crippen molar-refractivity contribution in [3.8, 4) is 11.6 Å². The van der Waals surface area contributed by atoms with Crippen LogP contribution in [0.4, 0.5) is 4.79 Å². The molecule has 1 atom stereocenters. The van der Waals surface area contributed by atoms with Crippen molar-refractivity contribution >= 4 is 30.7 Å². The van der Waals surface area contributed by atoms with E-state index in [1.54, 1.807) is 72.0 Å². The Morgan fingerprint density at radius 1 is 1.09 bits per heavy atom. The summed E-state index contributed by atoms with van der Waals surface area (Å²) in [4.78, 5) is 31.4. The van der Waals surface area contributed by atoms with E-state index >= 15 is 0 Å². The Morgan fingerprint density at radius 3 is 2.37 bits per heavy atom. The Balaban J connectivity index is 1.38. The van der Waals surface area contributed by atoms with Crippen LogP contribution < -0.4 is 14.8 Å². The molecule has 0 bridgehead atoms. The average molecular weight is 660 g/mol. The third-order valence-electron chi connectivity index (χ3n) is 7.50. The number of rotatable bonds is 8. The van der Waals surface area contributed by atoms with Crippen LogP contribution in [0.1, 0.15) is 82.9 Å². The highest BCUT2D eigenvalue weighted by Gasteiger charge is 2.45. The molecule has 0 radical (unpaired) electrons. The molecule has 1 fully saturated rings. The first-order valence-corrected chi connectivity index (χ1v) is 16.6. The third-order valence-corrected chi connectivity index (χ3v) is 9.47. The zero-order valence-electron chi connectivity index (χ0n) is 27.2. The number of likely N-dealkylation sites (tertiary alicyclic amines) is 1. The standard InChI is InChI=1S/C31H42N5O9P/c1-29(2,3)44-46(40,45-30(4,5)6)42-19-36-18-20-9-8-10-21(25(20)34-36)27(37)32-22-17-31(13-15-35(16-14-31)28(38)39)43-23-11-12-24(41-7)33-26(22)23/h8-12,18,22H,13-17,19H2,1-7H3,(H,32,37)(H,38,39). The number of ether oxygens (including phenoxy) is 2. The Morgan fingerprint density at radius 2 is 1.76 bits per heavy atom. The van der Waals surface area contributed by atoms with Gasteiger partial charge in [0.1, 0.15) is 22.6 Å². The fraction of sp³-hybridized carbons (Fsp3) is 0.548. The van der Waals surface area contributed by atoms with Crippen LogP contribution in [0.5, 0.6) is 11.6 Å². The number of carboxylic acid groups (broad SMARTS) is 1. The number of hydrogen-bond acceptors (Lipinski definition) is 10. The van der Waals surface area contributed by atoms with Gasteiger partial charge in [-0.05, 0) is 53.7 Å². The summed E-state index contributed by atoms with van der Waals surface area (Å²) < 4.78 is 43.8. The van der Waals surface area contributed by atoms with Gasteiger partial charge >= 0.3 is 13.9 Å². The van der Waals surface area contributed by atoms with Gasteiger partial charge < -0.3 is 24.8 Å². The molecule has 3 aromatic rings. The number of hydrogen-bond donors (Lipinski definition) is 2. The van der Waals surface area contributed by atoms with Gasteiger partial charge in [-0.25, -0.2) is 19.0 Å². The van der Waals surface area contributed by atoms with Gasteiger partial charge in [-0.1, -0.05) is 12.1 Å². The number of benzene rings is 1. The van der Waals surface area contributed by atoms with E-state index in [0.29, 0.717) is 66.1 Å². The molecule has 15 heteroatoms. The molecule has 0 aliphatic carbocycles. The van der Waals surface area contributed by atoms with Crippen molar-refractivity contribution in [2.24, 2.45) is 0 Å². The number of phosphoric acid groups is 1. The number of amides is 2. The van der Waals surface area contributed by atoms with E-state index in [2.05, 4.69) is 15.4 Å². The second-order valence-corrected chi connectivity index (χ2v) is 15.1. The quantitative estimate of drug-likeness (QED) is 0.276. The second kappa shape index (κ2) is 12.5. The maximum Gasteiger partial charge on any atom is 0.477 e. The molecule has 1 saturated heterocycles. The summed E-state index contributed by atoms with van der Waals surface area (Å²) >= 11 is 0. The van der Waals surface area contributed by atoms with Crippen molar-refractivity contribution in [1.29, 1.82) is 0 Å². The lowest BCUT2D eigenvalue weighted by atomic mass is 9.81. The first-order valence-electron chi connectivity index (χ1n) is 15.1. The molecule has 14 nitrogen and oxygen atoms in total.